The highest BCUT2D eigenvalue weighted by Crippen LogP contribution is 2.23. The van der Waals surface area contributed by atoms with Gasteiger partial charge in [-0.25, -0.2) is 4.79 Å². The highest BCUT2D eigenvalue weighted by molar-refractivity contribution is 5.92. The number of nitro groups is 1. The van der Waals surface area contributed by atoms with E-state index in [1.54, 1.807) is 24.3 Å². The minimum atomic E-state index is -1.08. The van der Waals surface area contributed by atoms with Crippen LogP contribution in [0.3, 0.4) is 0 Å². The Morgan fingerprint density at radius 1 is 1.09 bits per heavy atom. The van der Waals surface area contributed by atoms with Crippen LogP contribution in [0.2, 0.25) is 0 Å². The third-order valence-electron chi connectivity index (χ3n) is 4.68. The molecule has 0 aliphatic rings. The van der Waals surface area contributed by atoms with Gasteiger partial charge in [-0.1, -0.05) is 50.3 Å². The third-order valence-corrected chi connectivity index (χ3v) is 4.68. The molecule has 1 aromatic heterocycles. The number of ether oxygens (including phenoxy) is 1. The van der Waals surface area contributed by atoms with Gasteiger partial charge in [0.15, 0.2) is 6.61 Å². The molecular weight excluding hydrogens is 428 g/mol. The number of rotatable bonds is 8. The highest BCUT2D eigenvalue weighted by Gasteiger charge is 2.18. The van der Waals surface area contributed by atoms with E-state index in [1.165, 1.54) is 12.2 Å². The summed E-state index contributed by atoms with van der Waals surface area (Å²) in [7, 11) is 0. The summed E-state index contributed by atoms with van der Waals surface area (Å²) in [5.74, 6) is 0.421. The maximum atomic E-state index is 12.3. The number of anilines is 1. The molecule has 170 valence electrons. The molecule has 2 aromatic carbocycles. The van der Waals surface area contributed by atoms with Crippen LogP contribution in [0.4, 0.5) is 11.4 Å². The summed E-state index contributed by atoms with van der Waals surface area (Å²) < 4.78 is 5.52. The molecule has 0 spiro atoms. The molecule has 33 heavy (non-hydrogen) atoms. The van der Waals surface area contributed by atoms with E-state index < -0.39 is 21.9 Å². The van der Waals surface area contributed by atoms with Crippen molar-refractivity contribution in [1.29, 1.82) is 0 Å². The number of benzene rings is 2. The summed E-state index contributed by atoms with van der Waals surface area (Å²) in [4.78, 5) is 49.6. The molecule has 0 radical (unpaired) electrons. The molecule has 0 atom stereocenters. The fourth-order valence-corrected chi connectivity index (χ4v) is 3.10. The lowest BCUT2D eigenvalue weighted by molar-refractivity contribution is -0.386. The van der Waals surface area contributed by atoms with Gasteiger partial charge in [-0.15, -0.1) is 0 Å². The quantitative estimate of drug-likeness (QED) is 0.354. The number of amides is 1. The van der Waals surface area contributed by atoms with Gasteiger partial charge >= 0.3 is 16.9 Å². The topological polar surface area (TPSA) is 147 Å². The second kappa shape index (κ2) is 10.2. The van der Waals surface area contributed by atoms with Gasteiger partial charge in [0.25, 0.3) is 5.91 Å². The Kier molecular flexibility index (Phi) is 7.19. The fraction of sp³-hybridized carbons (Fsp3) is 0.174. The van der Waals surface area contributed by atoms with E-state index in [2.05, 4.69) is 10.3 Å². The minimum absolute atomic E-state index is 0.179. The molecule has 3 aromatic rings. The number of para-hydroxylation sites is 1. The van der Waals surface area contributed by atoms with Crippen molar-refractivity contribution in [2.24, 2.45) is 0 Å². The van der Waals surface area contributed by atoms with Crippen LogP contribution in [0.15, 0.2) is 58.1 Å². The molecule has 1 amide bonds. The van der Waals surface area contributed by atoms with Gasteiger partial charge in [0.2, 0.25) is 0 Å². The van der Waals surface area contributed by atoms with Crippen LogP contribution in [0.5, 0.6) is 5.75 Å². The molecule has 0 aliphatic heterocycles. The van der Waals surface area contributed by atoms with Gasteiger partial charge in [0.05, 0.1) is 4.92 Å². The zero-order valence-corrected chi connectivity index (χ0v) is 18.0. The van der Waals surface area contributed by atoms with Crippen molar-refractivity contribution in [2.75, 3.05) is 11.9 Å². The molecule has 3 N–H and O–H groups in total. The SMILES string of the molecule is CC(C)c1ccccc1NC(=O)COc1ccc(/C=C\c2[nH]c(=O)[nH]c(=O)c2[N+](=O)[O-])cc1. The maximum Gasteiger partial charge on any atom is 0.357 e. The average molecular weight is 450 g/mol. The summed E-state index contributed by atoms with van der Waals surface area (Å²) in [5, 5.41) is 13.9. The second-order valence-corrected chi connectivity index (χ2v) is 7.41. The molecular formula is C23H22N4O6. The van der Waals surface area contributed by atoms with E-state index in [4.69, 9.17) is 4.74 Å². The summed E-state index contributed by atoms with van der Waals surface area (Å²) >= 11 is 0. The van der Waals surface area contributed by atoms with Gasteiger partial charge in [-0.2, -0.15) is 0 Å². The Labute approximate surface area is 188 Å². The van der Waals surface area contributed by atoms with E-state index in [1.807, 2.05) is 43.1 Å². The first kappa shape index (κ1) is 23.2. The lowest BCUT2D eigenvalue weighted by Gasteiger charge is -2.14. The standard InChI is InChI=1S/C23H22N4O6/c1-14(2)17-5-3-4-6-18(17)24-20(28)13-33-16-10-7-15(8-11-16)9-12-19-21(27(31)32)22(29)26-23(30)25-19/h3-12,14H,13H2,1-2H3,(H,24,28)(H2,25,26,29,30)/b12-9-. The molecule has 10 nitrogen and oxygen atoms in total. The van der Waals surface area contributed by atoms with Crippen molar-refractivity contribution < 1.29 is 14.5 Å². The van der Waals surface area contributed by atoms with Crippen molar-refractivity contribution in [3.63, 3.8) is 0 Å². The first-order chi connectivity index (χ1) is 15.7. The van der Waals surface area contributed by atoms with Gasteiger partial charge in [0, 0.05) is 5.69 Å². The first-order valence-corrected chi connectivity index (χ1v) is 10.1. The first-order valence-electron chi connectivity index (χ1n) is 10.1. The molecule has 0 bridgehead atoms. The lowest BCUT2D eigenvalue weighted by Crippen LogP contribution is -2.25. The summed E-state index contributed by atoms with van der Waals surface area (Å²) in [5.41, 5.74) is -0.487. The predicted octanol–water partition coefficient (Wildman–Crippen LogP) is 3.28. The molecule has 0 fully saturated rings. The number of aromatic amines is 2. The highest BCUT2D eigenvalue weighted by atomic mass is 16.6. The number of nitrogens with one attached hydrogen (secondary N) is 3. The molecule has 10 heteroatoms. The molecule has 3 rings (SSSR count). The number of carbonyl (C=O) groups excluding carboxylic acids is 1. The van der Waals surface area contributed by atoms with Crippen LogP contribution >= 0.6 is 0 Å². The normalized spacial score (nSPS) is 11.0. The van der Waals surface area contributed by atoms with Crippen LogP contribution in [-0.2, 0) is 4.79 Å². The average Bonchev–Trinajstić information content (AvgIpc) is 2.76. The van der Waals surface area contributed by atoms with Crippen molar-refractivity contribution in [3.05, 3.63) is 96.3 Å². The van der Waals surface area contributed by atoms with Crippen LogP contribution in [0.25, 0.3) is 12.2 Å². The monoisotopic (exact) mass is 450 g/mol. The van der Waals surface area contributed by atoms with E-state index in [0.29, 0.717) is 11.3 Å². The smallest absolute Gasteiger partial charge is 0.357 e. The minimum Gasteiger partial charge on any atom is -0.484 e. The van der Waals surface area contributed by atoms with Crippen LogP contribution in [-0.4, -0.2) is 27.4 Å². The number of aromatic nitrogens is 2. The Morgan fingerprint density at radius 2 is 1.79 bits per heavy atom. The number of hydrogen-bond acceptors (Lipinski definition) is 6. The van der Waals surface area contributed by atoms with Crippen molar-refractivity contribution >= 4 is 29.4 Å². The number of hydrogen-bond donors (Lipinski definition) is 3. The van der Waals surface area contributed by atoms with Gasteiger partial charge in [0.1, 0.15) is 11.4 Å². The van der Waals surface area contributed by atoms with Crippen LogP contribution in [0.1, 0.15) is 36.6 Å². The molecule has 0 saturated carbocycles. The van der Waals surface area contributed by atoms with Gasteiger partial charge in [-0.3, -0.25) is 24.7 Å². The van der Waals surface area contributed by atoms with Gasteiger partial charge < -0.3 is 15.0 Å². The van der Waals surface area contributed by atoms with Gasteiger partial charge in [-0.05, 0) is 41.3 Å². The zero-order chi connectivity index (χ0) is 24.0. The van der Waals surface area contributed by atoms with E-state index in [-0.39, 0.29) is 24.1 Å². The van der Waals surface area contributed by atoms with Crippen molar-refractivity contribution in [2.45, 2.75) is 19.8 Å². The van der Waals surface area contributed by atoms with Crippen molar-refractivity contribution in [1.82, 2.24) is 9.97 Å². The molecule has 1 heterocycles. The predicted molar refractivity (Wildman–Crippen MR) is 124 cm³/mol. The van der Waals surface area contributed by atoms with Crippen LogP contribution < -0.4 is 21.3 Å². The number of carbonyl (C=O) groups is 1. The zero-order valence-electron chi connectivity index (χ0n) is 18.0. The number of H-pyrrole nitrogens is 2. The molecule has 0 unspecified atom stereocenters. The molecule has 0 aliphatic carbocycles. The lowest BCUT2D eigenvalue weighted by atomic mass is 10.0. The second-order valence-electron chi connectivity index (χ2n) is 7.41. The summed E-state index contributed by atoms with van der Waals surface area (Å²) in [6, 6.07) is 14.2. The Morgan fingerprint density at radius 3 is 2.45 bits per heavy atom. The Hall–Kier alpha value is -4.47. The largest absolute Gasteiger partial charge is 0.484 e. The fourth-order valence-electron chi connectivity index (χ4n) is 3.10. The Balaban J connectivity index is 1.64. The summed E-state index contributed by atoms with van der Waals surface area (Å²) in [6.45, 7) is 3.91. The molecule has 0 saturated heterocycles. The van der Waals surface area contributed by atoms with E-state index in [0.717, 1.165) is 11.3 Å². The number of nitrogens with zero attached hydrogens (tertiary/aromatic N) is 1. The van der Waals surface area contributed by atoms with Crippen molar-refractivity contribution in [3.8, 4) is 5.75 Å². The van der Waals surface area contributed by atoms with Crippen LogP contribution in [0, 0.1) is 10.1 Å². The maximum absolute atomic E-state index is 12.3. The summed E-state index contributed by atoms with van der Waals surface area (Å²) in [6.07, 6.45) is 2.77. The van der Waals surface area contributed by atoms with E-state index in [9.17, 15) is 24.5 Å². The van der Waals surface area contributed by atoms with E-state index >= 15 is 0 Å². The third kappa shape index (κ3) is 6.03. The Bertz CT molecular complexity index is 1310.